The quantitative estimate of drug-likeness (QED) is 0.165. The number of anilines is 6. The van der Waals surface area contributed by atoms with Crippen LogP contribution in [0.25, 0.3) is 20.8 Å². The molecule has 0 saturated heterocycles. The van der Waals surface area contributed by atoms with Crippen LogP contribution in [0, 0.1) is 41.5 Å². The normalized spacial score (nSPS) is 12.8. The second kappa shape index (κ2) is 12.7. The van der Waals surface area contributed by atoms with Gasteiger partial charge in [0, 0.05) is 40.6 Å². The molecule has 0 fully saturated rings. The summed E-state index contributed by atoms with van der Waals surface area (Å²) in [4.78, 5) is 14.6. The zero-order valence-electron chi connectivity index (χ0n) is 31.8. The highest BCUT2D eigenvalue weighted by Crippen LogP contribution is 2.48. The van der Waals surface area contributed by atoms with E-state index >= 15 is 0 Å². The van der Waals surface area contributed by atoms with E-state index in [1.165, 1.54) is 82.9 Å². The molecule has 5 nitrogen and oxygen atoms in total. The van der Waals surface area contributed by atoms with E-state index in [1.807, 2.05) is 18.2 Å². The molecule has 2 aromatic heterocycles. The summed E-state index contributed by atoms with van der Waals surface area (Å²) in [6.07, 6.45) is 1.77. The fraction of sp³-hybridized carbons (Fsp3) is 0.125. The maximum atomic E-state index is 6.48. The molecule has 0 N–H and O–H groups in total. The van der Waals surface area contributed by atoms with Gasteiger partial charge in [-0.25, -0.2) is 9.97 Å². The van der Waals surface area contributed by atoms with Crippen molar-refractivity contribution in [1.29, 1.82) is 0 Å². The number of thiazole rings is 1. The number of aryl methyl sites for hydroxylation is 6. The van der Waals surface area contributed by atoms with Crippen molar-refractivity contribution < 1.29 is 4.74 Å². The molecule has 266 valence electrons. The number of ether oxygens (including phenoxy) is 1. The Morgan fingerprint density at radius 1 is 0.564 bits per heavy atom. The molecule has 0 spiro atoms. The first-order valence-electron chi connectivity index (χ1n) is 18.8. The van der Waals surface area contributed by atoms with Gasteiger partial charge in [-0.15, -0.1) is 11.3 Å². The van der Waals surface area contributed by atoms with Crippen LogP contribution >= 0.6 is 11.3 Å². The van der Waals surface area contributed by atoms with Crippen LogP contribution in [0.4, 0.5) is 34.1 Å². The highest BCUT2D eigenvalue weighted by molar-refractivity contribution is 7.21. The monoisotopic (exact) mass is 730 g/mol. The van der Waals surface area contributed by atoms with E-state index in [9.17, 15) is 0 Å². The summed E-state index contributed by atoms with van der Waals surface area (Å²) in [5, 5.41) is 1.02. The molecule has 8 aromatic rings. The fourth-order valence-electron chi connectivity index (χ4n) is 9.17. The Morgan fingerprint density at radius 3 is 1.78 bits per heavy atom. The topological polar surface area (TPSA) is 41.5 Å². The highest BCUT2D eigenvalue weighted by atomic mass is 32.1. The van der Waals surface area contributed by atoms with Crippen LogP contribution in [-0.2, 0) is 0 Å². The third kappa shape index (κ3) is 5.36. The number of para-hydroxylation sites is 1. The molecule has 7 heteroatoms. The lowest BCUT2D eigenvalue weighted by Gasteiger charge is -2.45. The zero-order chi connectivity index (χ0) is 37.5. The summed E-state index contributed by atoms with van der Waals surface area (Å²) in [6, 6.07) is 43.8. The third-order valence-electron chi connectivity index (χ3n) is 11.1. The van der Waals surface area contributed by atoms with E-state index in [2.05, 4.69) is 159 Å². The minimum atomic E-state index is -0.0811. The molecule has 0 aliphatic carbocycles. The predicted molar refractivity (Wildman–Crippen MR) is 232 cm³/mol. The van der Waals surface area contributed by atoms with Crippen LogP contribution in [0.5, 0.6) is 11.6 Å². The van der Waals surface area contributed by atoms with E-state index in [0.717, 1.165) is 27.5 Å². The maximum Gasteiger partial charge on any atom is 0.252 e. The van der Waals surface area contributed by atoms with Gasteiger partial charge in [-0.1, -0.05) is 65.7 Å². The third-order valence-corrected chi connectivity index (χ3v) is 12.2. The van der Waals surface area contributed by atoms with Crippen molar-refractivity contribution in [2.24, 2.45) is 0 Å². The van der Waals surface area contributed by atoms with Crippen LogP contribution in [0.15, 0.2) is 128 Å². The molecule has 2 aliphatic heterocycles. The van der Waals surface area contributed by atoms with Crippen LogP contribution in [0.3, 0.4) is 0 Å². The van der Waals surface area contributed by atoms with E-state index in [4.69, 9.17) is 9.72 Å². The zero-order valence-corrected chi connectivity index (χ0v) is 32.6. The van der Waals surface area contributed by atoms with Crippen LogP contribution < -0.4 is 30.9 Å². The number of nitrogens with zero attached hydrogens (tertiary/aromatic N) is 4. The van der Waals surface area contributed by atoms with E-state index in [-0.39, 0.29) is 6.71 Å². The molecule has 6 aromatic carbocycles. The van der Waals surface area contributed by atoms with E-state index in [0.29, 0.717) is 5.88 Å². The van der Waals surface area contributed by atoms with Crippen molar-refractivity contribution in [2.75, 3.05) is 9.80 Å². The smallest absolute Gasteiger partial charge is 0.252 e. The molecule has 0 atom stereocenters. The second-order valence-electron chi connectivity index (χ2n) is 15.1. The number of rotatable bonds is 5. The number of aromatic nitrogens is 2. The minimum absolute atomic E-state index is 0.0811. The van der Waals surface area contributed by atoms with Gasteiger partial charge in [0.05, 0.1) is 21.6 Å². The van der Waals surface area contributed by atoms with Gasteiger partial charge in [-0.2, -0.15) is 0 Å². The predicted octanol–water partition coefficient (Wildman–Crippen LogP) is 11.1. The van der Waals surface area contributed by atoms with Crippen molar-refractivity contribution >= 4 is 78.8 Å². The van der Waals surface area contributed by atoms with Gasteiger partial charge in [-0.3, -0.25) is 0 Å². The molecule has 2 aliphatic rings. The number of hydrogen-bond donors (Lipinski definition) is 0. The van der Waals surface area contributed by atoms with Crippen molar-refractivity contribution in [1.82, 2.24) is 9.97 Å². The van der Waals surface area contributed by atoms with Gasteiger partial charge in [0.25, 0.3) is 6.71 Å². The first kappa shape index (κ1) is 33.4. The number of hydrogen-bond acceptors (Lipinski definition) is 6. The first-order chi connectivity index (χ1) is 26.7. The van der Waals surface area contributed by atoms with E-state index < -0.39 is 0 Å². The summed E-state index contributed by atoms with van der Waals surface area (Å²) < 4.78 is 7.67. The number of pyridine rings is 1. The Balaban J connectivity index is 1.29. The Morgan fingerprint density at radius 2 is 1.16 bits per heavy atom. The van der Waals surface area contributed by atoms with Gasteiger partial charge >= 0.3 is 0 Å². The Bertz CT molecular complexity index is 2750. The van der Waals surface area contributed by atoms with Gasteiger partial charge in [-0.05, 0) is 141 Å². The Kier molecular flexibility index (Phi) is 7.72. The highest BCUT2D eigenvalue weighted by Gasteiger charge is 2.44. The average Bonchev–Trinajstić information content (AvgIpc) is 3.61. The van der Waals surface area contributed by atoms with Crippen molar-refractivity contribution in [3.63, 3.8) is 0 Å². The maximum absolute atomic E-state index is 6.48. The molecule has 10 rings (SSSR count). The lowest BCUT2D eigenvalue weighted by Crippen LogP contribution is -2.61. The molecule has 0 amide bonds. The van der Waals surface area contributed by atoms with Crippen LogP contribution in [0.2, 0.25) is 0 Å². The fourth-order valence-corrected chi connectivity index (χ4v) is 10.1. The van der Waals surface area contributed by atoms with Gasteiger partial charge < -0.3 is 14.5 Å². The standard InChI is InChI=1S/C48H39BN4OS/c1-28-22-30(3)46(31(4)23-28)52-39-19-17-34(48-51-38-12-7-8-15-43(38)55-48)26-36(39)49-37-27-35(54-44-16-9-10-21-50-44)18-20-40(37)53(42-14-11-13-41(52)45(42)49)47-32(5)24-29(2)25-33(47)6/h7-27H,1-6H3. The lowest BCUT2D eigenvalue weighted by atomic mass is 9.33. The molecule has 0 unspecified atom stereocenters. The van der Waals surface area contributed by atoms with Crippen LogP contribution in [0.1, 0.15) is 33.4 Å². The summed E-state index contributed by atoms with van der Waals surface area (Å²) in [5.74, 6) is 1.33. The summed E-state index contributed by atoms with van der Waals surface area (Å²) in [6.45, 7) is 13.2. The van der Waals surface area contributed by atoms with Gasteiger partial charge in [0.2, 0.25) is 5.88 Å². The summed E-state index contributed by atoms with van der Waals surface area (Å²) in [7, 11) is 0. The van der Waals surface area contributed by atoms with Crippen molar-refractivity contribution in [3.05, 3.63) is 161 Å². The summed E-state index contributed by atoms with van der Waals surface area (Å²) in [5.41, 5.74) is 20.5. The Labute approximate surface area is 326 Å². The van der Waals surface area contributed by atoms with Crippen molar-refractivity contribution in [2.45, 2.75) is 41.5 Å². The molecule has 0 bridgehead atoms. The molecule has 0 radical (unpaired) electrons. The molecule has 4 heterocycles. The van der Waals surface area contributed by atoms with Crippen LogP contribution in [-0.4, -0.2) is 16.7 Å². The summed E-state index contributed by atoms with van der Waals surface area (Å²) >= 11 is 1.75. The van der Waals surface area contributed by atoms with Gasteiger partial charge in [0.15, 0.2) is 0 Å². The van der Waals surface area contributed by atoms with Gasteiger partial charge in [0.1, 0.15) is 10.8 Å². The first-order valence-corrected chi connectivity index (χ1v) is 19.7. The van der Waals surface area contributed by atoms with E-state index in [1.54, 1.807) is 17.5 Å². The molecular weight excluding hydrogens is 691 g/mol. The van der Waals surface area contributed by atoms with Crippen molar-refractivity contribution in [3.8, 4) is 22.2 Å². The second-order valence-corrected chi connectivity index (χ2v) is 16.1. The SMILES string of the molecule is Cc1cc(C)c(N2c3ccc(Oc4ccccn4)cc3B3c4cc(-c5nc6ccccc6s5)ccc4N(c4c(C)cc(C)cc4C)c4cccc2c43)c(C)c1. The largest absolute Gasteiger partial charge is 0.439 e. The number of benzene rings is 6. The minimum Gasteiger partial charge on any atom is -0.439 e. The molecule has 55 heavy (non-hydrogen) atoms. The lowest BCUT2D eigenvalue weighted by molar-refractivity contribution is 0.463. The Hall–Kier alpha value is -6.18. The molecule has 0 saturated carbocycles. The molecular formula is C48H39BN4OS. The average molecular weight is 731 g/mol. The number of fused-ring (bicyclic) bond motifs is 5.